The van der Waals surface area contributed by atoms with Crippen LogP contribution in [0, 0.1) is 0 Å². The predicted molar refractivity (Wildman–Crippen MR) is 78.2 cm³/mol. The Kier molecular flexibility index (Phi) is 4.62. The Labute approximate surface area is 115 Å². The molecule has 0 spiro atoms. The van der Waals surface area contributed by atoms with Gasteiger partial charge < -0.3 is 5.32 Å². The Morgan fingerprint density at radius 2 is 2.24 bits per heavy atom. The van der Waals surface area contributed by atoms with E-state index >= 15 is 0 Å². The van der Waals surface area contributed by atoms with Gasteiger partial charge in [0.1, 0.15) is 0 Å². The molecule has 0 aliphatic rings. The molecule has 2 aromatic rings. The maximum atomic E-state index is 5.97. The smallest absolute Gasteiger partial charge is 0.0931 e. The van der Waals surface area contributed by atoms with Gasteiger partial charge in [-0.3, -0.25) is 0 Å². The van der Waals surface area contributed by atoms with Crippen LogP contribution in [0.2, 0.25) is 4.34 Å². The maximum Gasteiger partial charge on any atom is 0.0931 e. The van der Waals surface area contributed by atoms with Crippen molar-refractivity contribution < 1.29 is 0 Å². The summed E-state index contributed by atoms with van der Waals surface area (Å²) in [6, 6.07) is 7.12. The first-order valence-electron chi connectivity index (χ1n) is 5.74. The summed E-state index contributed by atoms with van der Waals surface area (Å²) in [4.78, 5) is 1.40. The van der Waals surface area contributed by atoms with E-state index in [9.17, 15) is 0 Å². The van der Waals surface area contributed by atoms with Crippen molar-refractivity contribution in [3.05, 3.63) is 43.7 Å². The highest BCUT2D eigenvalue weighted by molar-refractivity contribution is 7.14. The zero-order chi connectivity index (χ0) is 12.3. The van der Waals surface area contributed by atoms with Gasteiger partial charge in [-0.15, -0.1) is 22.7 Å². The maximum absolute atomic E-state index is 5.97. The van der Waals surface area contributed by atoms with E-state index in [-0.39, 0.29) is 0 Å². The summed E-state index contributed by atoms with van der Waals surface area (Å²) in [5.41, 5.74) is 1.27. The molecule has 2 unspecified atom stereocenters. The molecule has 2 aromatic heterocycles. The van der Waals surface area contributed by atoms with E-state index in [1.165, 1.54) is 10.4 Å². The fourth-order valence-electron chi connectivity index (χ4n) is 1.84. The Balaban J connectivity index is 2.04. The van der Waals surface area contributed by atoms with Crippen LogP contribution in [0.15, 0.2) is 29.0 Å². The van der Waals surface area contributed by atoms with E-state index in [2.05, 4.69) is 42.1 Å². The first-order chi connectivity index (χ1) is 8.20. The van der Waals surface area contributed by atoms with Crippen LogP contribution in [0.1, 0.15) is 42.8 Å². The molecule has 2 rings (SSSR count). The topological polar surface area (TPSA) is 12.0 Å². The quantitative estimate of drug-likeness (QED) is 0.789. The lowest BCUT2D eigenvalue weighted by molar-refractivity contribution is 0.462. The second-order valence-electron chi connectivity index (χ2n) is 4.05. The molecule has 0 bridgehead atoms. The largest absolute Gasteiger partial charge is 0.303 e. The van der Waals surface area contributed by atoms with Crippen LogP contribution in [0.5, 0.6) is 0 Å². The summed E-state index contributed by atoms with van der Waals surface area (Å²) >= 11 is 9.37. The van der Waals surface area contributed by atoms with Crippen molar-refractivity contribution in [3.63, 3.8) is 0 Å². The number of hydrogen-bond donors (Lipinski definition) is 1. The molecule has 92 valence electrons. The molecule has 17 heavy (non-hydrogen) atoms. The summed E-state index contributed by atoms with van der Waals surface area (Å²) in [6.07, 6.45) is 1.10. The molecule has 1 nitrogen and oxygen atoms in total. The normalized spacial score (nSPS) is 14.8. The van der Waals surface area contributed by atoms with Crippen LogP contribution in [0.25, 0.3) is 0 Å². The Morgan fingerprint density at radius 1 is 1.41 bits per heavy atom. The van der Waals surface area contributed by atoms with Gasteiger partial charge in [0.05, 0.1) is 4.34 Å². The van der Waals surface area contributed by atoms with Gasteiger partial charge >= 0.3 is 0 Å². The van der Waals surface area contributed by atoms with E-state index < -0.39 is 0 Å². The van der Waals surface area contributed by atoms with Crippen LogP contribution >= 0.6 is 34.3 Å². The highest BCUT2D eigenvalue weighted by Gasteiger charge is 2.15. The van der Waals surface area contributed by atoms with Crippen LogP contribution in [-0.4, -0.2) is 0 Å². The number of rotatable bonds is 5. The molecule has 1 N–H and O–H groups in total. The lowest BCUT2D eigenvalue weighted by Gasteiger charge is -2.20. The third kappa shape index (κ3) is 3.32. The average Bonchev–Trinajstić information content (AvgIpc) is 2.96. The van der Waals surface area contributed by atoms with E-state index in [1.807, 2.05) is 17.4 Å². The SMILES string of the molecule is CCC(NC(C)c1csc(Cl)c1)c1cccs1. The van der Waals surface area contributed by atoms with Gasteiger partial charge in [0.15, 0.2) is 0 Å². The van der Waals surface area contributed by atoms with Crippen LogP contribution in [-0.2, 0) is 0 Å². The third-order valence-corrected chi connectivity index (χ3v) is 4.93. The Morgan fingerprint density at radius 3 is 2.76 bits per heavy atom. The van der Waals surface area contributed by atoms with Crippen molar-refractivity contribution in [1.29, 1.82) is 0 Å². The standard InChI is InChI=1S/C13H16ClNS2/c1-3-11(12-5-4-6-16-12)15-9(2)10-7-13(14)17-8-10/h4-9,11,15H,3H2,1-2H3. The lowest BCUT2D eigenvalue weighted by atomic mass is 10.1. The minimum absolute atomic E-state index is 0.339. The predicted octanol–water partition coefficient (Wildman–Crippen LogP) is 5.26. The van der Waals surface area contributed by atoms with Gasteiger partial charge in [0.25, 0.3) is 0 Å². The molecule has 0 saturated carbocycles. The summed E-state index contributed by atoms with van der Waals surface area (Å²) in [7, 11) is 0. The number of thiophene rings is 2. The highest BCUT2D eigenvalue weighted by atomic mass is 35.5. The minimum Gasteiger partial charge on any atom is -0.303 e. The van der Waals surface area contributed by atoms with Crippen molar-refractivity contribution >= 4 is 34.3 Å². The average molecular weight is 286 g/mol. The molecule has 2 heterocycles. The van der Waals surface area contributed by atoms with Crippen molar-refractivity contribution in [2.75, 3.05) is 0 Å². The molecule has 0 amide bonds. The zero-order valence-corrected chi connectivity index (χ0v) is 12.3. The molecular weight excluding hydrogens is 270 g/mol. The van der Waals surface area contributed by atoms with Gasteiger partial charge in [0.2, 0.25) is 0 Å². The van der Waals surface area contributed by atoms with Crippen LogP contribution < -0.4 is 5.32 Å². The molecule has 2 atom stereocenters. The van der Waals surface area contributed by atoms with E-state index in [1.54, 1.807) is 11.3 Å². The molecule has 4 heteroatoms. The first kappa shape index (κ1) is 13.1. The molecule has 0 radical (unpaired) electrons. The van der Waals surface area contributed by atoms with Gasteiger partial charge in [-0.1, -0.05) is 24.6 Å². The van der Waals surface area contributed by atoms with Gasteiger partial charge in [-0.05, 0) is 41.8 Å². The molecule has 0 aliphatic carbocycles. The number of halogens is 1. The summed E-state index contributed by atoms with van der Waals surface area (Å²) in [5, 5.41) is 7.91. The fraction of sp³-hybridized carbons (Fsp3) is 0.385. The third-order valence-electron chi connectivity index (χ3n) is 2.83. The van der Waals surface area contributed by atoms with Crippen molar-refractivity contribution in [1.82, 2.24) is 5.32 Å². The van der Waals surface area contributed by atoms with Crippen molar-refractivity contribution in [2.24, 2.45) is 0 Å². The molecule has 0 aromatic carbocycles. The molecule has 0 aliphatic heterocycles. The molecule has 0 saturated heterocycles. The highest BCUT2D eigenvalue weighted by Crippen LogP contribution is 2.28. The second-order valence-corrected chi connectivity index (χ2v) is 6.57. The number of hydrogen-bond acceptors (Lipinski definition) is 3. The Hall–Kier alpha value is -0.350. The summed E-state index contributed by atoms with van der Waals surface area (Å²) < 4.78 is 0.859. The number of nitrogens with one attached hydrogen (secondary N) is 1. The van der Waals surface area contributed by atoms with E-state index in [0.717, 1.165) is 10.8 Å². The van der Waals surface area contributed by atoms with E-state index in [0.29, 0.717) is 12.1 Å². The van der Waals surface area contributed by atoms with Gasteiger partial charge in [-0.2, -0.15) is 0 Å². The van der Waals surface area contributed by atoms with Gasteiger partial charge in [0, 0.05) is 17.0 Å². The lowest BCUT2D eigenvalue weighted by Crippen LogP contribution is -2.23. The first-order valence-corrected chi connectivity index (χ1v) is 7.87. The fourth-order valence-corrected chi connectivity index (χ4v) is 3.69. The van der Waals surface area contributed by atoms with Crippen LogP contribution in [0.4, 0.5) is 0 Å². The second kappa shape index (κ2) is 6.01. The molecule has 0 fully saturated rings. The molecular formula is C13H16ClNS2. The zero-order valence-electron chi connectivity index (χ0n) is 9.94. The Bertz CT molecular complexity index is 450. The monoisotopic (exact) mass is 285 g/mol. The van der Waals surface area contributed by atoms with Gasteiger partial charge in [-0.25, -0.2) is 0 Å². The van der Waals surface area contributed by atoms with E-state index in [4.69, 9.17) is 11.6 Å². The van der Waals surface area contributed by atoms with Crippen molar-refractivity contribution in [3.8, 4) is 0 Å². The van der Waals surface area contributed by atoms with Crippen LogP contribution in [0.3, 0.4) is 0 Å². The summed E-state index contributed by atoms with van der Waals surface area (Å²) in [6.45, 7) is 4.40. The van der Waals surface area contributed by atoms with Crippen molar-refractivity contribution in [2.45, 2.75) is 32.4 Å². The summed E-state index contributed by atoms with van der Waals surface area (Å²) in [5.74, 6) is 0. The minimum atomic E-state index is 0.339.